The molecule has 4 aromatic rings. The summed E-state index contributed by atoms with van der Waals surface area (Å²) in [6, 6.07) is 15.9. The van der Waals surface area contributed by atoms with Crippen LogP contribution in [0.4, 0.5) is 14.5 Å². The van der Waals surface area contributed by atoms with Crippen LogP contribution in [-0.4, -0.2) is 33.7 Å². The van der Waals surface area contributed by atoms with Gasteiger partial charge in [-0.15, -0.1) is 0 Å². The Hall–Kier alpha value is -3.81. The number of alkyl halides is 2. The van der Waals surface area contributed by atoms with Crippen molar-refractivity contribution in [3.05, 3.63) is 77.6 Å². The Morgan fingerprint density at radius 3 is 2.62 bits per heavy atom. The Labute approximate surface area is 183 Å². The number of carbonyl (C=O) groups is 1. The van der Waals surface area contributed by atoms with E-state index in [1.54, 1.807) is 36.3 Å². The molecule has 1 atom stereocenters. The first-order valence-corrected chi connectivity index (χ1v) is 10.2. The zero-order chi connectivity index (χ0) is 22.4. The van der Waals surface area contributed by atoms with Crippen LogP contribution in [0.2, 0.25) is 0 Å². The Kier molecular flexibility index (Phi) is 4.84. The van der Waals surface area contributed by atoms with E-state index in [9.17, 15) is 13.6 Å². The maximum atomic E-state index is 13.9. The SMILES string of the molecule is COc1ccc(-c2cc(C(F)F)n3ncc(C(=O)N4c5ccccc5C[C@@H]4C)c3n2)cc1. The second kappa shape index (κ2) is 7.71. The lowest BCUT2D eigenvalue weighted by molar-refractivity contribution is 0.0982. The molecule has 162 valence electrons. The van der Waals surface area contributed by atoms with Crippen LogP contribution < -0.4 is 9.64 Å². The highest BCUT2D eigenvalue weighted by atomic mass is 19.3. The van der Waals surface area contributed by atoms with Crippen LogP contribution >= 0.6 is 0 Å². The van der Waals surface area contributed by atoms with Gasteiger partial charge in [0.2, 0.25) is 0 Å². The molecule has 0 saturated carbocycles. The van der Waals surface area contributed by atoms with Crippen molar-refractivity contribution in [1.82, 2.24) is 14.6 Å². The number of benzene rings is 2. The van der Waals surface area contributed by atoms with E-state index in [4.69, 9.17) is 4.74 Å². The number of hydrogen-bond acceptors (Lipinski definition) is 4. The van der Waals surface area contributed by atoms with E-state index in [0.717, 1.165) is 22.2 Å². The standard InChI is InChI=1S/C24H20F2N4O2/c1-14-11-16-5-3-4-6-20(16)29(14)24(31)18-13-27-30-21(22(25)26)12-19(28-23(18)30)15-7-9-17(32-2)10-8-15/h3-10,12-14,22H,11H2,1-2H3/t14-/m0/s1. The molecule has 6 nitrogen and oxygen atoms in total. The molecule has 8 heteroatoms. The lowest BCUT2D eigenvalue weighted by Gasteiger charge is -2.22. The Bertz CT molecular complexity index is 1320. The van der Waals surface area contributed by atoms with E-state index >= 15 is 0 Å². The van der Waals surface area contributed by atoms with Crippen LogP contribution in [-0.2, 0) is 6.42 Å². The molecule has 0 aliphatic carbocycles. The van der Waals surface area contributed by atoms with Crippen molar-refractivity contribution in [2.24, 2.45) is 0 Å². The van der Waals surface area contributed by atoms with Gasteiger partial charge < -0.3 is 9.64 Å². The number of para-hydroxylation sites is 1. The molecule has 2 aromatic heterocycles. The van der Waals surface area contributed by atoms with Gasteiger partial charge in [0.15, 0.2) is 5.65 Å². The monoisotopic (exact) mass is 434 g/mol. The van der Waals surface area contributed by atoms with E-state index in [-0.39, 0.29) is 28.9 Å². The van der Waals surface area contributed by atoms with Gasteiger partial charge in [-0.3, -0.25) is 4.79 Å². The molecule has 1 amide bonds. The molecule has 0 unspecified atom stereocenters. The van der Waals surface area contributed by atoms with Crippen molar-refractivity contribution in [3.63, 3.8) is 0 Å². The molecule has 5 rings (SSSR count). The number of amides is 1. The smallest absolute Gasteiger partial charge is 0.280 e. The van der Waals surface area contributed by atoms with E-state index in [1.807, 2.05) is 31.2 Å². The number of aromatic nitrogens is 3. The third kappa shape index (κ3) is 3.19. The van der Waals surface area contributed by atoms with Crippen molar-refractivity contribution in [2.75, 3.05) is 12.0 Å². The molecule has 3 heterocycles. The summed E-state index contributed by atoms with van der Waals surface area (Å²) >= 11 is 0. The maximum Gasteiger partial charge on any atom is 0.280 e. The highest BCUT2D eigenvalue weighted by Gasteiger charge is 2.33. The number of hydrogen-bond donors (Lipinski definition) is 0. The quantitative estimate of drug-likeness (QED) is 0.457. The molecular formula is C24H20F2N4O2. The van der Waals surface area contributed by atoms with Gasteiger partial charge >= 0.3 is 0 Å². The van der Waals surface area contributed by atoms with Gasteiger partial charge in [0.1, 0.15) is 17.0 Å². The van der Waals surface area contributed by atoms with Gasteiger partial charge in [-0.1, -0.05) is 18.2 Å². The number of rotatable bonds is 4. The summed E-state index contributed by atoms with van der Waals surface area (Å²) in [5.74, 6) is 0.336. The number of fused-ring (bicyclic) bond motifs is 2. The zero-order valence-electron chi connectivity index (χ0n) is 17.5. The largest absolute Gasteiger partial charge is 0.497 e. The summed E-state index contributed by atoms with van der Waals surface area (Å²) in [5, 5.41) is 4.08. The normalized spacial score (nSPS) is 15.4. The highest BCUT2D eigenvalue weighted by Crippen LogP contribution is 2.34. The summed E-state index contributed by atoms with van der Waals surface area (Å²) in [6.45, 7) is 1.96. The lowest BCUT2D eigenvalue weighted by Crippen LogP contribution is -2.35. The van der Waals surface area contributed by atoms with Gasteiger partial charge in [-0.2, -0.15) is 5.10 Å². The van der Waals surface area contributed by atoms with Crippen LogP contribution in [0.25, 0.3) is 16.9 Å². The Morgan fingerprint density at radius 2 is 1.91 bits per heavy atom. The number of carbonyl (C=O) groups excluding carboxylic acids is 1. The molecule has 0 N–H and O–H groups in total. The number of halogens is 2. The fourth-order valence-electron chi connectivity index (χ4n) is 4.21. The number of methoxy groups -OCH3 is 1. The average Bonchev–Trinajstić information content (AvgIpc) is 3.38. The summed E-state index contributed by atoms with van der Waals surface area (Å²) in [6.07, 6.45) is -0.734. The minimum Gasteiger partial charge on any atom is -0.497 e. The Morgan fingerprint density at radius 1 is 1.16 bits per heavy atom. The first kappa shape index (κ1) is 20.1. The van der Waals surface area contributed by atoms with Crippen LogP contribution in [0, 0.1) is 0 Å². The topological polar surface area (TPSA) is 59.7 Å². The summed E-state index contributed by atoms with van der Waals surface area (Å²) in [7, 11) is 1.55. The van der Waals surface area contributed by atoms with Crippen LogP contribution in [0.3, 0.4) is 0 Å². The number of nitrogens with zero attached hydrogens (tertiary/aromatic N) is 4. The van der Waals surface area contributed by atoms with Crippen molar-refractivity contribution >= 4 is 17.2 Å². The van der Waals surface area contributed by atoms with Crippen molar-refractivity contribution in [3.8, 4) is 17.0 Å². The summed E-state index contributed by atoms with van der Waals surface area (Å²) in [5.41, 5.74) is 2.83. The molecule has 1 aliphatic rings. The van der Waals surface area contributed by atoms with Gasteiger partial charge in [0.05, 0.1) is 19.0 Å². The molecule has 0 fully saturated rings. The fraction of sp³-hybridized carbons (Fsp3) is 0.208. The summed E-state index contributed by atoms with van der Waals surface area (Å²) < 4.78 is 34.0. The fourth-order valence-corrected chi connectivity index (χ4v) is 4.21. The van der Waals surface area contributed by atoms with Gasteiger partial charge in [0, 0.05) is 17.3 Å². The van der Waals surface area contributed by atoms with Gasteiger partial charge in [-0.25, -0.2) is 18.3 Å². The van der Waals surface area contributed by atoms with Gasteiger partial charge in [0.25, 0.3) is 12.3 Å². The van der Waals surface area contributed by atoms with Crippen molar-refractivity contribution < 1.29 is 18.3 Å². The lowest BCUT2D eigenvalue weighted by atomic mass is 10.1. The predicted molar refractivity (Wildman–Crippen MR) is 116 cm³/mol. The first-order valence-electron chi connectivity index (χ1n) is 10.2. The number of ether oxygens (including phenoxy) is 1. The van der Waals surface area contributed by atoms with E-state index in [2.05, 4.69) is 10.1 Å². The highest BCUT2D eigenvalue weighted by molar-refractivity contribution is 6.11. The summed E-state index contributed by atoms with van der Waals surface area (Å²) in [4.78, 5) is 19.8. The molecule has 0 bridgehead atoms. The minimum atomic E-state index is -2.79. The molecule has 0 spiro atoms. The molecule has 2 aromatic carbocycles. The zero-order valence-corrected chi connectivity index (χ0v) is 17.5. The first-order chi connectivity index (χ1) is 15.5. The predicted octanol–water partition coefficient (Wildman–Crippen LogP) is 4.93. The molecule has 0 radical (unpaired) electrons. The van der Waals surface area contributed by atoms with Crippen molar-refractivity contribution in [1.29, 1.82) is 0 Å². The van der Waals surface area contributed by atoms with Crippen LogP contribution in [0.5, 0.6) is 5.75 Å². The second-order valence-electron chi connectivity index (χ2n) is 7.75. The van der Waals surface area contributed by atoms with Crippen LogP contribution in [0.1, 0.15) is 35.0 Å². The molecule has 32 heavy (non-hydrogen) atoms. The van der Waals surface area contributed by atoms with Crippen molar-refractivity contribution in [2.45, 2.75) is 25.8 Å². The second-order valence-corrected chi connectivity index (χ2v) is 7.75. The van der Waals surface area contributed by atoms with E-state index in [0.29, 0.717) is 17.0 Å². The van der Waals surface area contributed by atoms with E-state index < -0.39 is 6.43 Å². The molecular weight excluding hydrogens is 414 g/mol. The maximum absolute atomic E-state index is 13.9. The molecule has 0 saturated heterocycles. The van der Waals surface area contributed by atoms with Gasteiger partial charge in [-0.05, 0) is 55.3 Å². The average molecular weight is 434 g/mol. The third-order valence-corrected chi connectivity index (χ3v) is 5.77. The minimum absolute atomic E-state index is 0.0609. The molecule has 1 aliphatic heterocycles. The van der Waals surface area contributed by atoms with Crippen LogP contribution in [0.15, 0.2) is 60.8 Å². The third-order valence-electron chi connectivity index (χ3n) is 5.77. The Balaban J connectivity index is 1.64. The van der Waals surface area contributed by atoms with E-state index in [1.165, 1.54) is 12.3 Å². The number of anilines is 1.